The molecule has 0 atom stereocenters. The molecule has 0 unspecified atom stereocenters. The Labute approximate surface area is 343 Å². The molecule has 0 spiro atoms. The van der Waals surface area contributed by atoms with Gasteiger partial charge in [-0.15, -0.1) is 11.3 Å². The molecule has 2 aliphatic rings. The van der Waals surface area contributed by atoms with Crippen LogP contribution in [0.4, 0.5) is 17.1 Å². The van der Waals surface area contributed by atoms with Crippen LogP contribution in [-0.4, -0.2) is 0 Å². The second-order valence-electron chi connectivity index (χ2n) is 16.4. The van der Waals surface area contributed by atoms with E-state index in [2.05, 4.69) is 219 Å². The number of fused-ring (bicyclic) bond motifs is 13. The zero-order valence-corrected chi connectivity index (χ0v) is 33.2. The molecule has 2 heteroatoms. The molecule has 0 amide bonds. The van der Waals surface area contributed by atoms with Gasteiger partial charge in [0.15, 0.2) is 0 Å². The maximum atomic E-state index is 2.53. The average Bonchev–Trinajstić information content (AvgIpc) is 3.89. The lowest BCUT2D eigenvalue weighted by atomic mass is 9.67. The Hall–Kier alpha value is -6.74. The van der Waals surface area contributed by atoms with E-state index in [1.54, 1.807) is 0 Å². The van der Waals surface area contributed by atoms with E-state index in [-0.39, 0.29) is 5.41 Å². The topological polar surface area (TPSA) is 3.24 Å². The third-order valence-corrected chi connectivity index (χ3v) is 14.3. The van der Waals surface area contributed by atoms with Crippen LogP contribution in [0.3, 0.4) is 0 Å². The number of hydrogen-bond acceptors (Lipinski definition) is 2. The Morgan fingerprint density at radius 3 is 1.76 bits per heavy atom. The standard InChI is InChI=1S/C56H39NS/c1-55(2)46-30-18-31-48(52(46)50-42-26-12-13-27-43(42)54-51(53(50)55)44-28-15-17-32-49(44)58-54)57(38-23-10-5-11-24-38)39-33-34-41-40-25-14-16-29-45(40)56(47(41)35-39,36-19-6-3-7-20-36)37-21-8-4-9-22-37/h3-35H,1-2H3. The Morgan fingerprint density at radius 1 is 0.431 bits per heavy atom. The predicted octanol–water partition coefficient (Wildman–Crippen LogP) is 15.3. The summed E-state index contributed by atoms with van der Waals surface area (Å²) in [7, 11) is 0. The summed E-state index contributed by atoms with van der Waals surface area (Å²) in [6.45, 7) is 4.88. The molecule has 9 aromatic carbocycles. The molecule has 0 aliphatic heterocycles. The van der Waals surface area contributed by atoms with E-state index in [0.29, 0.717) is 0 Å². The number of benzene rings is 9. The van der Waals surface area contributed by atoms with Crippen molar-refractivity contribution in [3.8, 4) is 22.3 Å². The van der Waals surface area contributed by atoms with Crippen molar-refractivity contribution in [2.45, 2.75) is 24.7 Å². The minimum atomic E-state index is -0.498. The fraction of sp³-hybridized carbons (Fsp3) is 0.0714. The second kappa shape index (κ2) is 12.4. The molecule has 0 saturated carbocycles. The van der Waals surface area contributed by atoms with Gasteiger partial charge in [0.2, 0.25) is 0 Å². The Morgan fingerprint density at radius 2 is 1.02 bits per heavy atom. The zero-order valence-electron chi connectivity index (χ0n) is 32.4. The van der Waals surface area contributed by atoms with E-state index in [0.717, 1.165) is 11.4 Å². The summed E-state index contributed by atoms with van der Waals surface area (Å²) >= 11 is 1.93. The van der Waals surface area contributed by atoms with E-state index in [1.165, 1.54) is 92.3 Å². The van der Waals surface area contributed by atoms with Crippen LogP contribution in [0.1, 0.15) is 47.2 Å². The van der Waals surface area contributed by atoms with E-state index >= 15 is 0 Å². The summed E-state index contributed by atoms with van der Waals surface area (Å²) in [6.07, 6.45) is 0. The number of hydrogen-bond donors (Lipinski definition) is 0. The molecule has 0 fully saturated rings. The number of thiophene rings is 1. The van der Waals surface area contributed by atoms with Crippen molar-refractivity contribution in [3.63, 3.8) is 0 Å². The molecule has 0 bridgehead atoms. The van der Waals surface area contributed by atoms with Crippen molar-refractivity contribution in [3.05, 3.63) is 234 Å². The highest BCUT2D eigenvalue weighted by molar-refractivity contribution is 7.26. The molecule has 0 N–H and O–H groups in total. The normalized spacial score (nSPS) is 14.3. The van der Waals surface area contributed by atoms with Gasteiger partial charge >= 0.3 is 0 Å². The summed E-state index contributed by atoms with van der Waals surface area (Å²) in [5.74, 6) is 0. The van der Waals surface area contributed by atoms with Crippen LogP contribution in [-0.2, 0) is 10.8 Å². The lowest BCUT2D eigenvalue weighted by Gasteiger charge is -2.35. The van der Waals surface area contributed by atoms with Gasteiger partial charge in [0, 0.05) is 47.9 Å². The number of para-hydroxylation sites is 1. The third-order valence-electron chi connectivity index (χ3n) is 13.1. The summed E-state index contributed by atoms with van der Waals surface area (Å²) in [4.78, 5) is 2.53. The highest BCUT2D eigenvalue weighted by Gasteiger charge is 2.47. The average molecular weight is 758 g/mol. The third kappa shape index (κ3) is 4.41. The quantitative estimate of drug-likeness (QED) is 0.169. The van der Waals surface area contributed by atoms with Gasteiger partial charge in [0.05, 0.1) is 11.1 Å². The van der Waals surface area contributed by atoms with Crippen LogP contribution in [0.2, 0.25) is 0 Å². The van der Waals surface area contributed by atoms with Crippen molar-refractivity contribution < 1.29 is 0 Å². The molecule has 1 nitrogen and oxygen atoms in total. The maximum Gasteiger partial charge on any atom is 0.0714 e. The molecule has 0 saturated heterocycles. The second-order valence-corrected chi connectivity index (χ2v) is 17.4. The summed E-state index contributed by atoms with van der Waals surface area (Å²) < 4.78 is 2.72. The summed E-state index contributed by atoms with van der Waals surface area (Å²) in [5.41, 5.74) is 15.9. The Kier molecular flexibility index (Phi) is 7.13. The molecule has 0 radical (unpaired) electrons. The van der Waals surface area contributed by atoms with Crippen LogP contribution >= 0.6 is 11.3 Å². The van der Waals surface area contributed by atoms with Gasteiger partial charge < -0.3 is 4.90 Å². The lowest BCUT2D eigenvalue weighted by Crippen LogP contribution is -2.28. The van der Waals surface area contributed by atoms with Crippen molar-refractivity contribution in [1.82, 2.24) is 0 Å². The van der Waals surface area contributed by atoms with E-state index in [4.69, 9.17) is 0 Å². The first kappa shape index (κ1) is 33.4. The van der Waals surface area contributed by atoms with E-state index < -0.39 is 5.41 Å². The van der Waals surface area contributed by atoms with E-state index in [9.17, 15) is 0 Å². The number of nitrogens with zero attached hydrogens (tertiary/aromatic N) is 1. The van der Waals surface area contributed by atoms with Gasteiger partial charge in [0.1, 0.15) is 0 Å². The van der Waals surface area contributed by atoms with E-state index in [1.807, 2.05) is 11.3 Å². The highest BCUT2D eigenvalue weighted by Crippen LogP contribution is 2.61. The van der Waals surface area contributed by atoms with Crippen molar-refractivity contribution in [2.24, 2.45) is 0 Å². The summed E-state index contributed by atoms with van der Waals surface area (Å²) in [5, 5.41) is 5.40. The molecule has 12 rings (SSSR count). The fourth-order valence-electron chi connectivity index (χ4n) is 10.7. The van der Waals surface area contributed by atoms with Crippen molar-refractivity contribution >= 4 is 59.3 Å². The first-order valence-corrected chi connectivity index (χ1v) is 21.1. The van der Waals surface area contributed by atoms with Crippen molar-refractivity contribution in [2.75, 3.05) is 4.90 Å². The molecule has 1 heterocycles. The molecule has 2 aliphatic carbocycles. The molecular formula is C56H39NS. The van der Waals surface area contributed by atoms with Crippen LogP contribution in [0, 0.1) is 0 Å². The van der Waals surface area contributed by atoms with Gasteiger partial charge in [0.25, 0.3) is 0 Å². The van der Waals surface area contributed by atoms with Gasteiger partial charge in [-0.25, -0.2) is 0 Å². The smallest absolute Gasteiger partial charge is 0.0714 e. The number of anilines is 3. The SMILES string of the molecule is CC1(C)c2cccc(N(c3ccccc3)c3ccc4c(c3)C(c3ccccc3)(c3ccccc3)c3ccccc3-4)c2-c2c1c1c3ccccc3sc1c1ccccc21. The maximum absolute atomic E-state index is 2.53. The zero-order chi connectivity index (χ0) is 38.6. The molecule has 1 aromatic heterocycles. The van der Waals surface area contributed by atoms with Crippen LogP contribution in [0.15, 0.2) is 200 Å². The highest BCUT2D eigenvalue weighted by atomic mass is 32.1. The van der Waals surface area contributed by atoms with Crippen molar-refractivity contribution in [1.29, 1.82) is 0 Å². The summed E-state index contributed by atoms with van der Waals surface area (Å²) in [6, 6.07) is 74.6. The monoisotopic (exact) mass is 757 g/mol. The van der Waals surface area contributed by atoms with Gasteiger partial charge in [-0.2, -0.15) is 0 Å². The first-order valence-electron chi connectivity index (χ1n) is 20.3. The lowest BCUT2D eigenvalue weighted by molar-refractivity contribution is 0.667. The first-order chi connectivity index (χ1) is 28.6. The Bertz CT molecular complexity index is 3210. The Balaban J connectivity index is 1.18. The molecule has 58 heavy (non-hydrogen) atoms. The minimum Gasteiger partial charge on any atom is -0.310 e. The van der Waals surface area contributed by atoms with Crippen LogP contribution < -0.4 is 4.90 Å². The van der Waals surface area contributed by atoms with Gasteiger partial charge in [-0.1, -0.05) is 178 Å². The largest absolute Gasteiger partial charge is 0.310 e. The molecular weight excluding hydrogens is 719 g/mol. The number of rotatable bonds is 5. The van der Waals surface area contributed by atoms with Gasteiger partial charge in [-0.3, -0.25) is 0 Å². The predicted molar refractivity (Wildman–Crippen MR) is 246 cm³/mol. The minimum absolute atomic E-state index is 0.232. The molecule has 274 valence electrons. The fourth-order valence-corrected chi connectivity index (χ4v) is 12.0. The molecule has 10 aromatic rings. The van der Waals surface area contributed by atoms with Gasteiger partial charge in [-0.05, 0) is 91.9 Å². The van der Waals surface area contributed by atoms with Crippen LogP contribution in [0.25, 0.3) is 53.2 Å². The van der Waals surface area contributed by atoms with Crippen LogP contribution in [0.5, 0.6) is 0 Å².